The third-order valence-electron chi connectivity index (χ3n) is 7.82. The molecular formula is C32H35NO2Si. The van der Waals surface area contributed by atoms with Gasteiger partial charge in [-0.1, -0.05) is 87.5 Å². The Morgan fingerprint density at radius 3 is 2.17 bits per heavy atom. The molecule has 0 amide bonds. The van der Waals surface area contributed by atoms with Crippen LogP contribution in [0.4, 0.5) is 0 Å². The third kappa shape index (κ3) is 4.20. The molecule has 0 spiro atoms. The standard InChI is InChI=1S/C32H35NO2Si/c1-22-31(35-36(5,6)32(2,3)4)28-20-24(25-17-19-30(34)27-15-11-10-14-26(25)27)16-18-29(28)33(22)21-23-12-8-7-9-13-23/h7-20,34H,21H2,1-6H3. The monoisotopic (exact) mass is 493 g/mol. The first kappa shape index (κ1) is 24.2. The van der Waals surface area contributed by atoms with Crippen LogP contribution in [0.3, 0.4) is 0 Å². The molecule has 0 saturated carbocycles. The van der Waals surface area contributed by atoms with E-state index in [1.54, 1.807) is 6.07 Å². The second-order valence-corrected chi connectivity index (χ2v) is 16.0. The van der Waals surface area contributed by atoms with E-state index in [0.29, 0.717) is 5.75 Å². The lowest BCUT2D eigenvalue weighted by Crippen LogP contribution is -2.44. The zero-order chi connectivity index (χ0) is 25.7. The number of rotatable bonds is 5. The molecule has 0 aliphatic carbocycles. The van der Waals surface area contributed by atoms with Gasteiger partial charge in [-0.3, -0.25) is 0 Å². The van der Waals surface area contributed by atoms with Crippen molar-refractivity contribution in [1.82, 2.24) is 4.57 Å². The number of benzene rings is 4. The predicted octanol–water partition coefficient (Wildman–Crippen LogP) is 8.91. The van der Waals surface area contributed by atoms with Crippen molar-refractivity contribution in [1.29, 1.82) is 0 Å². The summed E-state index contributed by atoms with van der Waals surface area (Å²) in [4.78, 5) is 0. The van der Waals surface area contributed by atoms with Crippen LogP contribution in [0, 0.1) is 6.92 Å². The molecule has 0 aliphatic rings. The van der Waals surface area contributed by atoms with Gasteiger partial charge in [0.15, 0.2) is 0 Å². The van der Waals surface area contributed by atoms with Crippen LogP contribution in [0.5, 0.6) is 11.5 Å². The highest BCUT2D eigenvalue weighted by molar-refractivity contribution is 6.74. The minimum atomic E-state index is -2.07. The number of aromatic nitrogens is 1. The molecule has 184 valence electrons. The number of aromatic hydroxyl groups is 1. The Morgan fingerprint density at radius 2 is 1.47 bits per heavy atom. The van der Waals surface area contributed by atoms with E-state index in [4.69, 9.17) is 4.43 Å². The summed E-state index contributed by atoms with van der Waals surface area (Å²) in [5.74, 6) is 1.31. The molecule has 1 aromatic heterocycles. The van der Waals surface area contributed by atoms with E-state index in [1.807, 2.05) is 24.3 Å². The van der Waals surface area contributed by atoms with Crippen molar-refractivity contribution >= 4 is 30.0 Å². The van der Waals surface area contributed by atoms with Crippen LogP contribution in [0.25, 0.3) is 32.8 Å². The van der Waals surface area contributed by atoms with Gasteiger partial charge in [0.25, 0.3) is 8.32 Å². The van der Waals surface area contributed by atoms with E-state index in [1.165, 1.54) is 11.1 Å². The van der Waals surface area contributed by atoms with Crippen molar-refractivity contribution in [3.63, 3.8) is 0 Å². The average Bonchev–Trinajstić information content (AvgIpc) is 3.09. The van der Waals surface area contributed by atoms with Crippen molar-refractivity contribution in [2.75, 3.05) is 0 Å². The van der Waals surface area contributed by atoms with Crippen molar-refractivity contribution in [2.24, 2.45) is 0 Å². The van der Waals surface area contributed by atoms with Gasteiger partial charge in [-0.15, -0.1) is 0 Å². The quantitative estimate of drug-likeness (QED) is 0.248. The SMILES string of the molecule is Cc1c(O[Si](C)(C)C(C)(C)C)c2cc(-c3ccc(O)c4ccccc34)ccc2n1Cc1ccccc1. The van der Waals surface area contributed by atoms with Crippen LogP contribution < -0.4 is 4.43 Å². The summed E-state index contributed by atoms with van der Waals surface area (Å²) in [7, 11) is -2.07. The van der Waals surface area contributed by atoms with Gasteiger partial charge in [0.2, 0.25) is 0 Å². The minimum Gasteiger partial charge on any atom is -0.542 e. The fourth-order valence-corrected chi connectivity index (χ4v) is 5.73. The van der Waals surface area contributed by atoms with Crippen LogP contribution in [0.15, 0.2) is 84.9 Å². The van der Waals surface area contributed by atoms with Crippen molar-refractivity contribution in [3.8, 4) is 22.6 Å². The number of hydrogen-bond donors (Lipinski definition) is 1. The number of phenolic OH excluding ortho intramolecular Hbond substituents is 1. The number of hydrogen-bond acceptors (Lipinski definition) is 2. The summed E-state index contributed by atoms with van der Waals surface area (Å²) in [6.45, 7) is 14.4. The van der Waals surface area contributed by atoms with Gasteiger partial charge in [-0.25, -0.2) is 0 Å². The van der Waals surface area contributed by atoms with E-state index in [2.05, 4.69) is 100.0 Å². The maximum absolute atomic E-state index is 10.4. The molecule has 5 rings (SSSR count). The molecule has 0 aliphatic heterocycles. The molecular weight excluding hydrogens is 458 g/mol. The Hall–Kier alpha value is -3.50. The highest BCUT2D eigenvalue weighted by Crippen LogP contribution is 2.43. The zero-order valence-corrected chi connectivity index (χ0v) is 23.1. The lowest BCUT2D eigenvalue weighted by atomic mass is 9.97. The van der Waals surface area contributed by atoms with Crippen LogP contribution in [0.2, 0.25) is 18.1 Å². The molecule has 0 atom stereocenters. The van der Waals surface area contributed by atoms with E-state index in [0.717, 1.165) is 45.3 Å². The Labute approximate surface area is 215 Å². The molecule has 0 fully saturated rings. The number of fused-ring (bicyclic) bond motifs is 2. The highest BCUT2D eigenvalue weighted by atomic mass is 28.4. The molecule has 1 N–H and O–H groups in total. The molecule has 4 heteroatoms. The first-order chi connectivity index (χ1) is 17.1. The first-order valence-electron chi connectivity index (χ1n) is 12.6. The summed E-state index contributed by atoms with van der Waals surface area (Å²) in [5.41, 5.74) is 5.83. The first-order valence-corrected chi connectivity index (χ1v) is 15.5. The minimum absolute atomic E-state index is 0.0953. The number of phenols is 1. The largest absolute Gasteiger partial charge is 0.542 e. The van der Waals surface area contributed by atoms with Crippen molar-refractivity contribution < 1.29 is 9.53 Å². The maximum Gasteiger partial charge on any atom is 0.250 e. The van der Waals surface area contributed by atoms with Gasteiger partial charge in [0, 0.05) is 17.3 Å². The normalized spacial score (nSPS) is 12.4. The molecule has 0 saturated heterocycles. The fraction of sp³-hybridized carbons (Fsp3) is 0.250. The molecule has 1 heterocycles. The van der Waals surface area contributed by atoms with E-state index >= 15 is 0 Å². The summed E-state index contributed by atoms with van der Waals surface area (Å²) in [5, 5.41) is 13.6. The van der Waals surface area contributed by atoms with Gasteiger partial charge in [0.1, 0.15) is 11.5 Å². The van der Waals surface area contributed by atoms with Crippen LogP contribution in [-0.2, 0) is 6.54 Å². The summed E-state index contributed by atoms with van der Waals surface area (Å²) in [6, 6.07) is 29.1. The maximum atomic E-state index is 10.4. The fourth-order valence-electron chi connectivity index (χ4n) is 4.66. The summed E-state index contributed by atoms with van der Waals surface area (Å²) < 4.78 is 9.39. The van der Waals surface area contributed by atoms with Gasteiger partial charge in [-0.2, -0.15) is 0 Å². The molecule has 3 nitrogen and oxygen atoms in total. The molecule has 4 aromatic carbocycles. The van der Waals surface area contributed by atoms with Gasteiger partial charge in [-0.05, 0) is 65.3 Å². The Bertz CT molecular complexity index is 1560. The van der Waals surface area contributed by atoms with Gasteiger partial charge in [0.05, 0.1) is 11.2 Å². The topological polar surface area (TPSA) is 34.4 Å². The average molecular weight is 494 g/mol. The molecule has 0 unspecified atom stereocenters. The van der Waals surface area contributed by atoms with Crippen molar-refractivity contribution in [2.45, 2.75) is 52.4 Å². The Balaban J connectivity index is 1.73. The Kier molecular flexibility index (Phi) is 5.96. The van der Waals surface area contributed by atoms with Crippen LogP contribution in [0.1, 0.15) is 32.0 Å². The second kappa shape index (κ2) is 8.86. The van der Waals surface area contributed by atoms with E-state index in [-0.39, 0.29) is 5.04 Å². The molecule has 36 heavy (non-hydrogen) atoms. The number of nitrogens with zero attached hydrogens (tertiary/aromatic N) is 1. The van der Waals surface area contributed by atoms with Gasteiger partial charge >= 0.3 is 0 Å². The second-order valence-electron chi connectivity index (χ2n) is 11.3. The lowest BCUT2D eigenvalue weighted by Gasteiger charge is -2.36. The highest BCUT2D eigenvalue weighted by Gasteiger charge is 2.40. The molecule has 0 radical (unpaired) electrons. The Morgan fingerprint density at radius 1 is 0.806 bits per heavy atom. The van der Waals surface area contributed by atoms with E-state index in [9.17, 15) is 5.11 Å². The zero-order valence-electron chi connectivity index (χ0n) is 22.1. The molecule has 0 bridgehead atoms. The lowest BCUT2D eigenvalue weighted by molar-refractivity contribution is 0.481. The van der Waals surface area contributed by atoms with Crippen molar-refractivity contribution in [3.05, 3.63) is 96.2 Å². The summed E-state index contributed by atoms with van der Waals surface area (Å²) in [6.07, 6.45) is 0. The smallest absolute Gasteiger partial charge is 0.250 e. The summed E-state index contributed by atoms with van der Waals surface area (Å²) >= 11 is 0. The van der Waals surface area contributed by atoms with Crippen LogP contribution >= 0.6 is 0 Å². The van der Waals surface area contributed by atoms with Crippen LogP contribution in [-0.4, -0.2) is 18.0 Å². The third-order valence-corrected chi connectivity index (χ3v) is 12.2. The molecule has 5 aromatic rings. The van der Waals surface area contributed by atoms with Gasteiger partial charge < -0.3 is 14.1 Å². The predicted molar refractivity (Wildman–Crippen MR) is 155 cm³/mol. The van der Waals surface area contributed by atoms with E-state index < -0.39 is 8.32 Å².